The first-order valence-electron chi connectivity index (χ1n) is 6.19. The fraction of sp³-hybridized carbons (Fsp3) is 0.750. The second-order valence-electron chi connectivity index (χ2n) is 5.35. The van der Waals surface area contributed by atoms with Crippen LogP contribution in [0.5, 0.6) is 0 Å². The van der Waals surface area contributed by atoms with Crippen molar-refractivity contribution < 1.29 is 24.2 Å². The molecule has 3 amide bonds. The molecule has 116 valence electrons. The number of urea groups is 1. The summed E-state index contributed by atoms with van der Waals surface area (Å²) in [6, 6.07) is -0.607. The zero-order valence-corrected chi connectivity index (χ0v) is 12.4. The first-order valence-corrected chi connectivity index (χ1v) is 6.19. The number of carbonyl (C=O) groups is 3. The fourth-order valence-corrected chi connectivity index (χ4v) is 1.37. The Balaban J connectivity index is 4.30. The molecule has 0 saturated heterocycles. The van der Waals surface area contributed by atoms with Crippen LogP contribution in [0.4, 0.5) is 4.79 Å². The van der Waals surface area contributed by atoms with Crippen LogP contribution < -0.4 is 10.6 Å². The van der Waals surface area contributed by atoms with E-state index in [0.717, 1.165) is 0 Å². The Morgan fingerprint density at radius 2 is 1.80 bits per heavy atom. The molecule has 0 atom stereocenters. The van der Waals surface area contributed by atoms with Crippen molar-refractivity contribution in [3.05, 3.63) is 0 Å². The second-order valence-corrected chi connectivity index (χ2v) is 5.35. The van der Waals surface area contributed by atoms with Crippen LogP contribution in [0, 0.1) is 0 Å². The highest BCUT2D eigenvalue weighted by Crippen LogP contribution is 1.97. The van der Waals surface area contributed by atoms with Crippen LogP contribution in [0.2, 0.25) is 0 Å². The zero-order valence-electron chi connectivity index (χ0n) is 12.4. The molecular formula is C12H23N3O5. The van der Waals surface area contributed by atoms with Crippen LogP contribution in [0.1, 0.15) is 20.8 Å². The number of carboxylic acid groups (broad SMARTS) is 1. The normalized spacial score (nSPS) is 11.2. The number of imide groups is 1. The molecule has 20 heavy (non-hydrogen) atoms. The maximum atomic E-state index is 11.6. The van der Waals surface area contributed by atoms with Crippen LogP contribution in [-0.2, 0) is 14.3 Å². The van der Waals surface area contributed by atoms with Crippen molar-refractivity contribution in [2.45, 2.75) is 26.3 Å². The summed E-state index contributed by atoms with van der Waals surface area (Å²) < 4.78 is 4.84. The van der Waals surface area contributed by atoms with Gasteiger partial charge in [0.25, 0.3) is 0 Å². The van der Waals surface area contributed by atoms with E-state index in [1.807, 2.05) is 0 Å². The molecule has 0 aromatic heterocycles. The molecule has 0 aromatic rings. The minimum atomic E-state index is -1.05. The van der Waals surface area contributed by atoms with E-state index >= 15 is 0 Å². The summed E-state index contributed by atoms with van der Waals surface area (Å²) in [7, 11) is 1.48. The van der Waals surface area contributed by atoms with Crippen molar-refractivity contribution in [2.75, 3.05) is 33.4 Å². The molecule has 3 N–H and O–H groups in total. The molecule has 0 saturated carbocycles. The highest BCUT2D eigenvalue weighted by atomic mass is 16.5. The van der Waals surface area contributed by atoms with E-state index in [-0.39, 0.29) is 19.6 Å². The first kappa shape index (κ1) is 18.3. The number of nitrogens with zero attached hydrogens (tertiary/aromatic N) is 1. The number of nitrogens with one attached hydrogen (secondary N) is 2. The topological polar surface area (TPSA) is 108 Å². The number of carbonyl (C=O) groups excluding carboxylic acids is 2. The van der Waals surface area contributed by atoms with Gasteiger partial charge in [-0.05, 0) is 20.8 Å². The standard InChI is InChI=1S/C12H23N3O5/c1-12(2,3)14-11(19)13-9(16)7-15(5-6-20-4)8-10(17)18/h5-8H2,1-4H3,(H,17,18)(H2,13,14,16,19). The third-order valence-electron chi connectivity index (χ3n) is 2.08. The van der Waals surface area contributed by atoms with Gasteiger partial charge in [-0.15, -0.1) is 0 Å². The molecule has 0 aliphatic carbocycles. The van der Waals surface area contributed by atoms with Gasteiger partial charge in [0, 0.05) is 19.2 Å². The average Bonchev–Trinajstić information content (AvgIpc) is 2.21. The Kier molecular flexibility index (Phi) is 7.78. The number of hydrogen-bond donors (Lipinski definition) is 3. The Hall–Kier alpha value is -1.67. The lowest BCUT2D eigenvalue weighted by Gasteiger charge is -2.22. The minimum Gasteiger partial charge on any atom is -0.480 e. The van der Waals surface area contributed by atoms with E-state index in [2.05, 4.69) is 10.6 Å². The molecule has 0 aliphatic rings. The van der Waals surface area contributed by atoms with Crippen LogP contribution >= 0.6 is 0 Å². The molecule has 0 aliphatic heterocycles. The van der Waals surface area contributed by atoms with Crippen molar-refractivity contribution in [1.29, 1.82) is 0 Å². The number of aliphatic carboxylic acids is 1. The molecule has 8 heteroatoms. The van der Waals surface area contributed by atoms with Crippen LogP contribution in [-0.4, -0.2) is 66.8 Å². The van der Waals surface area contributed by atoms with Gasteiger partial charge in [0.15, 0.2) is 0 Å². The third kappa shape index (κ3) is 10.3. The quantitative estimate of drug-likeness (QED) is 0.591. The van der Waals surface area contributed by atoms with Crippen LogP contribution in [0.15, 0.2) is 0 Å². The average molecular weight is 289 g/mol. The molecule has 0 rings (SSSR count). The summed E-state index contributed by atoms with van der Waals surface area (Å²) >= 11 is 0. The van der Waals surface area contributed by atoms with E-state index in [4.69, 9.17) is 9.84 Å². The van der Waals surface area contributed by atoms with E-state index in [1.165, 1.54) is 12.0 Å². The van der Waals surface area contributed by atoms with Crippen LogP contribution in [0.3, 0.4) is 0 Å². The highest BCUT2D eigenvalue weighted by Gasteiger charge is 2.18. The predicted octanol–water partition coefficient (Wildman–Crippen LogP) is -0.356. The van der Waals surface area contributed by atoms with Crippen LogP contribution in [0.25, 0.3) is 0 Å². The van der Waals surface area contributed by atoms with Gasteiger partial charge >= 0.3 is 12.0 Å². The van der Waals surface area contributed by atoms with E-state index in [0.29, 0.717) is 6.61 Å². The monoisotopic (exact) mass is 289 g/mol. The largest absolute Gasteiger partial charge is 0.480 e. The Morgan fingerprint density at radius 1 is 1.20 bits per heavy atom. The van der Waals surface area contributed by atoms with Gasteiger partial charge in [-0.3, -0.25) is 19.8 Å². The number of carboxylic acids is 1. The number of hydrogen-bond acceptors (Lipinski definition) is 5. The van der Waals surface area contributed by atoms with Gasteiger partial charge in [0.1, 0.15) is 0 Å². The van der Waals surface area contributed by atoms with Gasteiger partial charge in [-0.2, -0.15) is 0 Å². The second kappa shape index (κ2) is 8.49. The number of amides is 3. The van der Waals surface area contributed by atoms with Gasteiger partial charge in [0.05, 0.1) is 19.7 Å². The van der Waals surface area contributed by atoms with Crippen molar-refractivity contribution in [3.63, 3.8) is 0 Å². The van der Waals surface area contributed by atoms with Crippen molar-refractivity contribution >= 4 is 17.9 Å². The lowest BCUT2D eigenvalue weighted by atomic mass is 10.1. The molecule has 0 radical (unpaired) electrons. The van der Waals surface area contributed by atoms with Gasteiger partial charge in [-0.25, -0.2) is 4.79 Å². The molecule has 0 unspecified atom stereocenters. The maximum Gasteiger partial charge on any atom is 0.321 e. The molecular weight excluding hydrogens is 266 g/mol. The molecule has 0 spiro atoms. The van der Waals surface area contributed by atoms with E-state index in [9.17, 15) is 14.4 Å². The predicted molar refractivity (Wildman–Crippen MR) is 72.4 cm³/mol. The molecule has 0 fully saturated rings. The van der Waals surface area contributed by atoms with Crippen molar-refractivity contribution in [2.24, 2.45) is 0 Å². The smallest absolute Gasteiger partial charge is 0.321 e. The fourth-order valence-electron chi connectivity index (χ4n) is 1.37. The number of methoxy groups -OCH3 is 1. The van der Waals surface area contributed by atoms with E-state index in [1.54, 1.807) is 20.8 Å². The Labute approximate surface area is 118 Å². The summed E-state index contributed by atoms with van der Waals surface area (Å²) in [5, 5.41) is 13.5. The Bertz CT molecular complexity index is 351. The van der Waals surface area contributed by atoms with Gasteiger partial charge in [0.2, 0.25) is 5.91 Å². The molecule has 0 bridgehead atoms. The SMILES string of the molecule is COCCN(CC(=O)O)CC(=O)NC(=O)NC(C)(C)C. The number of rotatable bonds is 7. The van der Waals surface area contributed by atoms with Crippen molar-refractivity contribution in [1.82, 2.24) is 15.5 Å². The maximum absolute atomic E-state index is 11.6. The van der Waals surface area contributed by atoms with Crippen molar-refractivity contribution in [3.8, 4) is 0 Å². The van der Waals surface area contributed by atoms with Gasteiger partial charge in [-0.1, -0.05) is 0 Å². The molecule has 8 nitrogen and oxygen atoms in total. The summed E-state index contributed by atoms with van der Waals surface area (Å²) in [6.07, 6.45) is 0. The summed E-state index contributed by atoms with van der Waals surface area (Å²) in [5.41, 5.74) is -0.457. The lowest BCUT2D eigenvalue weighted by Crippen LogP contribution is -2.50. The van der Waals surface area contributed by atoms with Gasteiger partial charge < -0.3 is 15.2 Å². The lowest BCUT2D eigenvalue weighted by molar-refractivity contribution is -0.138. The Morgan fingerprint density at radius 3 is 2.25 bits per heavy atom. The highest BCUT2D eigenvalue weighted by molar-refractivity contribution is 5.95. The number of ether oxygens (including phenoxy) is 1. The first-order chi connectivity index (χ1) is 9.14. The summed E-state index contributed by atoms with van der Waals surface area (Å²) in [5.74, 6) is -1.61. The van der Waals surface area contributed by atoms with E-state index < -0.39 is 23.4 Å². The zero-order chi connectivity index (χ0) is 15.8. The summed E-state index contributed by atoms with van der Waals surface area (Å²) in [4.78, 5) is 35.2. The molecule has 0 aromatic carbocycles. The third-order valence-corrected chi connectivity index (χ3v) is 2.08. The summed E-state index contributed by atoms with van der Waals surface area (Å²) in [6.45, 7) is 5.46. The minimum absolute atomic E-state index is 0.187. The molecule has 0 heterocycles.